The smallest absolute Gasteiger partial charge is 0.416 e. The van der Waals surface area contributed by atoms with E-state index in [0.717, 1.165) is 25.3 Å². The summed E-state index contributed by atoms with van der Waals surface area (Å²) in [6, 6.07) is 8.74. The van der Waals surface area contributed by atoms with Crippen LogP contribution in [-0.2, 0) is 25.2 Å². The average molecular weight is 433 g/mol. The van der Waals surface area contributed by atoms with E-state index in [2.05, 4.69) is 4.74 Å². The van der Waals surface area contributed by atoms with Gasteiger partial charge in [0.05, 0.1) is 17.7 Å². The topological polar surface area (TPSA) is 71.1 Å². The number of halogens is 4. The number of ether oxygens (including phenoxy) is 4. The molecular formula is C19H16ClF3O6. The first kappa shape index (κ1) is 22.4. The highest BCUT2D eigenvalue weighted by Gasteiger charge is 2.31. The number of alkyl halides is 3. The van der Waals surface area contributed by atoms with Crippen molar-refractivity contribution in [3.05, 3.63) is 53.1 Å². The quantitative estimate of drug-likeness (QED) is 0.594. The van der Waals surface area contributed by atoms with Crippen molar-refractivity contribution in [2.45, 2.75) is 19.2 Å². The zero-order chi connectivity index (χ0) is 21.6. The summed E-state index contributed by atoms with van der Waals surface area (Å²) in [7, 11) is 1.16. The van der Waals surface area contributed by atoms with Crippen LogP contribution in [0.25, 0.3) is 0 Å². The van der Waals surface area contributed by atoms with E-state index in [1.165, 1.54) is 25.1 Å². The normalized spacial score (nSPS) is 12.1. The number of hydrogen-bond donors (Lipinski definition) is 0. The fourth-order valence-electron chi connectivity index (χ4n) is 2.06. The van der Waals surface area contributed by atoms with Gasteiger partial charge in [-0.3, -0.25) is 0 Å². The summed E-state index contributed by atoms with van der Waals surface area (Å²) in [6.45, 7) is 0.873. The van der Waals surface area contributed by atoms with Crippen LogP contribution in [0.15, 0.2) is 42.5 Å². The molecule has 0 spiro atoms. The number of methoxy groups -OCH3 is 1. The molecule has 1 atom stereocenters. The van der Waals surface area contributed by atoms with E-state index >= 15 is 0 Å². The van der Waals surface area contributed by atoms with E-state index in [1.807, 2.05) is 0 Å². The average Bonchev–Trinajstić information content (AvgIpc) is 2.66. The lowest BCUT2D eigenvalue weighted by Gasteiger charge is -2.15. The Bertz CT molecular complexity index is 884. The van der Waals surface area contributed by atoms with Gasteiger partial charge >= 0.3 is 18.1 Å². The van der Waals surface area contributed by atoms with Crippen molar-refractivity contribution < 1.29 is 41.7 Å². The van der Waals surface area contributed by atoms with Crippen LogP contribution in [-0.4, -0.2) is 31.8 Å². The molecule has 0 aromatic heterocycles. The zero-order valence-electron chi connectivity index (χ0n) is 15.3. The van der Waals surface area contributed by atoms with Gasteiger partial charge in [0.1, 0.15) is 17.2 Å². The van der Waals surface area contributed by atoms with Crippen molar-refractivity contribution in [1.82, 2.24) is 0 Å². The summed E-state index contributed by atoms with van der Waals surface area (Å²) < 4.78 is 58.1. The lowest BCUT2D eigenvalue weighted by Crippen LogP contribution is -2.28. The number of esters is 2. The van der Waals surface area contributed by atoms with Crippen molar-refractivity contribution in [1.29, 1.82) is 0 Å². The Kier molecular flexibility index (Phi) is 7.33. The van der Waals surface area contributed by atoms with Crippen molar-refractivity contribution >= 4 is 23.5 Å². The molecule has 2 aromatic carbocycles. The van der Waals surface area contributed by atoms with Gasteiger partial charge in [0.2, 0.25) is 0 Å². The second-order valence-electron chi connectivity index (χ2n) is 5.66. The van der Waals surface area contributed by atoms with E-state index in [-0.39, 0.29) is 22.3 Å². The van der Waals surface area contributed by atoms with Gasteiger partial charge in [0.15, 0.2) is 12.7 Å². The summed E-state index contributed by atoms with van der Waals surface area (Å²) >= 11 is 5.87. The predicted molar refractivity (Wildman–Crippen MR) is 96.0 cm³/mol. The summed E-state index contributed by atoms with van der Waals surface area (Å²) in [5.41, 5.74) is -0.897. The fraction of sp³-hybridized carbons (Fsp3) is 0.263. The largest absolute Gasteiger partial charge is 0.479 e. The lowest BCUT2D eigenvalue weighted by molar-refractivity contribution is -0.161. The third-order valence-corrected chi connectivity index (χ3v) is 3.79. The van der Waals surface area contributed by atoms with Crippen molar-refractivity contribution in [2.75, 3.05) is 13.7 Å². The first-order valence-electron chi connectivity index (χ1n) is 8.15. The van der Waals surface area contributed by atoms with Crippen LogP contribution >= 0.6 is 11.6 Å². The molecule has 2 rings (SSSR count). The van der Waals surface area contributed by atoms with Gasteiger partial charge in [-0.05, 0) is 37.3 Å². The minimum Gasteiger partial charge on any atom is -0.479 e. The highest BCUT2D eigenvalue weighted by molar-refractivity contribution is 6.32. The Balaban J connectivity index is 2.04. The minimum atomic E-state index is -4.52. The van der Waals surface area contributed by atoms with E-state index in [9.17, 15) is 22.8 Å². The molecule has 0 N–H and O–H groups in total. The molecule has 0 heterocycles. The summed E-state index contributed by atoms with van der Waals surface area (Å²) in [6.07, 6.45) is -5.56. The van der Waals surface area contributed by atoms with Gasteiger partial charge in [-0.1, -0.05) is 17.7 Å². The number of carbonyl (C=O) groups excluding carboxylic acids is 2. The van der Waals surface area contributed by atoms with E-state index in [4.69, 9.17) is 25.8 Å². The van der Waals surface area contributed by atoms with E-state index in [1.54, 1.807) is 6.07 Å². The molecule has 156 valence electrons. The maximum atomic E-state index is 12.7. The second-order valence-corrected chi connectivity index (χ2v) is 6.07. The molecule has 0 aliphatic rings. The van der Waals surface area contributed by atoms with Gasteiger partial charge < -0.3 is 18.9 Å². The van der Waals surface area contributed by atoms with E-state index < -0.39 is 36.4 Å². The second kappa shape index (κ2) is 9.51. The first-order chi connectivity index (χ1) is 13.6. The molecule has 0 amide bonds. The predicted octanol–water partition coefficient (Wildman–Crippen LogP) is 4.63. The molecule has 10 heteroatoms. The molecule has 1 unspecified atom stereocenters. The van der Waals surface area contributed by atoms with Crippen LogP contribution in [0.3, 0.4) is 0 Å². The molecule has 0 bridgehead atoms. The molecular weight excluding hydrogens is 417 g/mol. The van der Waals surface area contributed by atoms with Crippen LogP contribution in [0.2, 0.25) is 5.02 Å². The maximum absolute atomic E-state index is 12.7. The van der Waals surface area contributed by atoms with Crippen molar-refractivity contribution in [3.63, 3.8) is 0 Å². The molecule has 6 nitrogen and oxygen atoms in total. The Morgan fingerprint density at radius 1 is 1.10 bits per heavy atom. The van der Waals surface area contributed by atoms with Gasteiger partial charge in [-0.15, -0.1) is 0 Å². The van der Waals surface area contributed by atoms with Crippen molar-refractivity contribution in [3.8, 4) is 17.2 Å². The molecule has 0 saturated heterocycles. The highest BCUT2D eigenvalue weighted by atomic mass is 35.5. The number of carbonyl (C=O) groups is 2. The number of hydrogen-bond acceptors (Lipinski definition) is 6. The standard InChI is InChI=1S/C19H16ClF3O6/c1-11(18(25)27-10-17(24)26-2)28-13-4-3-5-14(9-13)29-16-7-6-12(8-15(16)20)19(21,22)23/h3-9,11H,10H2,1-2H3. The lowest BCUT2D eigenvalue weighted by atomic mass is 10.2. The third kappa shape index (κ3) is 6.56. The molecule has 2 aromatic rings. The van der Waals surface area contributed by atoms with Gasteiger partial charge in [-0.2, -0.15) is 13.2 Å². The molecule has 0 aliphatic heterocycles. The molecule has 0 radical (unpaired) electrons. The van der Waals surface area contributed by atoms with Gasteiger partial charge in [-0.25, -0.2) is 9.59 Å². The Labute approximate surface area is 169 Å². The van der Waals surface area contributed by atoms with Crippen LogP contribution in [0, 0.1) is 0 Å². The summed E-state index contributed by atoms with van der Waals surface area (Å²) in [5, 5.41) is -0.217. The molecule has 0 saturated carbocycles. The maximum Gasteiger partial charge on any atom is 0.416 e. The number of rotatable bonds is 7. The Morgan fingerprint density at radius 3 is 2.41 bits per heavy atom. The Morgan fingerprint density at radius 2 is 1.79 bits per heavy atom. The van der Waals surface area contributed by atoms with Gasteiger partial charge in [0.25, 0.3) is 0 Å². The van der Waals surface area contributed by atoms with Crippen molar-refractivity contribution in [2.24, 2.45) is 0 Å². The van der Waals surface area contributed by atoms with Crippen LogP contribution in [0.4, 0.5) is 13.2 Å². The van der Waals surface area contributed by atoms with Crippen LogP contribution < -0.4 is 9.47 Å². The van der Waals surface area contributed by atoms with Gasteiger partial charge in [0, 0.05) is 6.07 Å². The third-order valence-electron chi connectivity index (χ3n) is 3.50. The minimum absolute atomic E-state index is 0.0161. The Hall–Kier alpha value is -2.94. The van der Waals surface area contributed by atoms with E-state index in [0.29, 0.717) is 0 Å². The summed E-state index contributed by atoms with van der Waals surface area (Å²) in [4.78, 5) is 22.8. The fourth-order valence-corrected chi connectivity index (χ4v) is 2.28. The monoisotopic (exact) mass is 432 g/mol. The summed E-state index contributed by atoms with van der Waals surface area (Å²) in [5.74, 6) is -1.03. The number of benzene rings is 2. The molecule has 29 heavy (non-hydrogen) atoms. The molecule has 0 fully saturated rings. The first-order valence-corrected chi connectivity index (χ1v) is 8.52. The van der Waals surface area contributed by atoms with Crippen LogP contribution in [0.1, 0.15) is 12.5 Å². The highest BCUT2D eigenvalue weighted by Crippen LogP contribution is 2.36. The zero-order valence-corrected chi connectivity index (χ0v) is 16.0. The van der Waals surface area contributed by atoms with Crippen LogP contribution in [0.5, 0.6) is 17.2 Å². The SMILES string of the molecule is COC(=O)COC(=O)C(C)Oc1cccc(Oc2ccc(C(F)(F)F)cc2Cl)c1. The molecule has 0 aliphatic carbocycles.